The number of carbonyl (C=O) groups is 1. The first kappa shape index (κ1) is 14.5. The van der Waals surface area contributed by atoms with E-state index in [4.69, 9.17) is 4.74 Å². The molecule has 0 aliphatic carbocycles. The third kappa shape index (κ3) is 3.23. The molecule has 22 heavy (non-hydrogen) atoms. The van der Waals surface area contributed by atoms with Crippen LogP contribution in [0, 0.1) is 6.92 Å². The molecule has 3 rings (SSSR count). The van der Waals surface area contributed by atoms with Gasteiger partial charge in [0, 0.05) is 19.3 Å². The van der Waals surface area contributed by atoms with E-state index in [1.807, 2.05) is 31.2 Å². The summed E-state index contributed by atoms with van der Waals surface area (Å²) >= 11 is 0. The third-order valence-electron chi connectivity index (χ3n) is 3.52. The van der Waals surface area contributed by atoms with Gasteiger partial charge in [-0.25, -0.2) is 4.98 Å². The number of hydrogen-bond acceptors (Lipinski definition) is 5. The Kier molecular flexibility index (Phi) is 4.29. The largest absolute Gasteiger partial charge is 0.378 e. The van der Waals surface area contributed by atoms with Gasteiger partial charge in [0.1, 0.15) is 5.69 Å². The van der Waals surface area contributed by atoms with E-state index in [0.717, 1.165) is 30.2 Å². The fraction of sp³-hybridized carbons (Fsp3) is 0.312. The van der Waals surface area contributed by atoms with E-state index >= 15 is 0 Å². The predicted octanol–water partition coefficient (Wildman–Crippen LogP) is 1.87. The first-order chi connectivity index (χ1) is 10.7. The number of carbonyl (C=O) groups excluding carboxylic acids is 1. The number of morpholine rings is 1. The van der Waals surface area contributed by atoms with Crippen molar-refractivity contribution >= 4 is 17.3 Å². The third-order valence-corrected chi connectivity index (χ3v) is 3.52. The molecule has 0 saturated carbocycles. The lowest BCUT2D eigenvalue weighted by molar-refractivity contribution is 0.102. The number of anilines is 2. The molecule has 114 valence electrons. The number of aromatic nitrogens is 2. The summed E-state index contributed by atoms with van der Waals surface area (Å²) < 4.78 is 5.38. The topological polar surface area (TPSA) is 67.4 Å². The minimum atomic E-state index is -0.256. The van der Waals surface area contributed by atoms with Gasteiger partial charge in [-0.3, -0.25) is 9.78 Å². The van der Waals surface area contributed by atoms with Gasteiger partial charge in [-0.1, -0.05) is 12.1 Å². The van der Waals surface area contributed by atoms with E-state index in [-0.39, 0.29) is 5.91 Å². The van der Waals surface area contributed by atoms with Gasteiger partial charge in [0.2, 0.25) is 0 Å². The molecule has 0 unspecified atom stereocenters. The first-order valence-corrected chi connectivity index (χ1v) is 7.26. The zero-order valence-corrected chi connectivity index (χ0v) is 12.5. The van der Waals surface area contributed by atoms with Gasteiger partial charge in [0.15, 0.2) is 0 Å². The molecule has 0 spiro atoms. The van der Waals surface area contributed by atoms with Gasteiger partial charge in [-0.05, 0) is 19.1 Å². The number of benzene rings is 1. The summed E-state index contributed by atoms with van der Waals surface area (Å²) in [5.74, 6) is -0.256. The van der Waals surface area contributed by atoms with Crippen LogP contribution in [-0.4, -0.2) is 42.2 Å². The molecule has 0 bridgehead atoms. The van der Waals surface area contributed by atoms with Crippen molar-refractivity contribution in [1.82, 2.24) is 9.97 Å². The number of ether oxygens (including phenoxy) is 1. The van der Waals surface area contributed by atoms with Crippen LogP contribution in [0.1, 0.15) is 16.2 Å². The minimum Gasteiger partial charge on any atom is -0.378 e. The lowest BCUT2D eigenvalue weighted by atomic mass is 10.2. The highest BCUT2D eigenvalue weighted by Crippen LogP contribution is 2.26. The maximum atomic E-state index is 12.3. The number of nitrogens with one attached hydrogen (secondary N) is 1. The molecule has 0 radical (unpaired) electrons. The zero-order valence-electron chi connectivity index (χ0n) is 12.5. The summed E-state index contributed by atoms with van der Waals surface area (Å²) in [6.07, 6.45) is 3.07. The average molecular weight is 298 g/mol. The lowest BCUT2D eigenvalue weighted by Crippen LogP contribution is -2.36. The average Bonchev–Trinajstić information content (AvgIpc) is 2.57. The van der Waals surface area contributed by atoms with Crippen LogP contribution in [0.5, 0.6) is 0 Å². The normalized spacial score (nSPS) is 14.7. The Morgan fingerprint density at radius 2 is 1.95 bits per heavy atom. The zero-order chi connectivity index (χ0) is 15.4. The Bertz CT molecular complexity index is 651. The van der Waals surface area contributed by atoms with E-state index in [9.17, 15) is 4.79 Å². The summed E-state index contributed by atoms with van der Waals surface area (Å²) in [5, 5.41) is 2.92. The molecule has 1 aromatic heterocycles. The van der Waals surface area contributed by atoms with Crippen molar-refractivity contribution in [3.05, 3.63) is 48.0 Å². The van der Waals surface area contributed by atoms with Crippen molar-refractivity contribution in [3.63, 3.8) is 0 Å². The fourth-order valence-corrected chi connectivity index (χ4v) is 2.36. The number of hydrogen-bond donors (Lipinski definition) is 1. The summed E-state index contributed by atoms with van der Waals surface area (Å²) in [5.41, 5.74) is 2.86. The monoisotopic (exact) mass is 298 g/mol. The Morgan fingerprint density at radius 3 is 2.68 bits per heavy atom. The van der Waals surface area contributed by atoms with Crippen LogP contribution in [-0.2, 0) is 4.74 Å². The SMILES string of the molecule is Cc1cnc(C(=O)Nc2ccccc2N2CCOCC2)cn1. The highest BCUT2D eigenvalue weighted by molar-refractivity contribution is 6.04. The second-order valence-electron chi connectivity index (χ2n) is 5.11. The van der Waals surface area contributed by atoms with E-state index < -0.39 is 0 Å². The van der Waals surface area contributed by atoms with Crippen molar-refractivity contribution in [1.29, 1.82) is 0 Å². The minimum absolute atomic E-state index is 0.256. The maximum Gasteiger partial charge on any atom is 0.275 e. The number of rotatable bonds is 3. The van der Waals surface area contributed by atoms with Crippen molar-refractivity contribution < 1.29 is 9.53 Å². The van der Waals surface area contributed by atoms with Gasteiger partial charge in [0.25, 0.3) is 5.91 Å². The van der Waals surface area contributed by atoms with Crippen LogP contribution in [0.3, 0.4) is 0 Å². The molecule has 0 atom stereocenters. The molecule has 1 aliphatic rings. The molecule has 6 heteroatoms. The molecular formula is C16H18N4O2. The molecule has 1 aromatic carbocycles. The fourth-order valence-electron chi connectivity index (χ4n) is 2.36. The van der Waals surface area contributed by atoms with E-state index in [2.05, 4.69) is 20.2 Å². The van der Waals surface area contributed by atoms with Gasteiger partial charge >= 0.3 is 0 Å². The molecular weight excluding hydrogens is 280 g/mol. The summed E-state index contributed by atoms with van der Waals surface area (Å²) in [6, 6.07) is 7.76. The molecule has 6 nitrogen and oxygen atoms in total. The Labute approximate surface area is 129 Å². The summed E-state index contributed by atoms with van der Waals surface area (Å²) in [4.78, 5) is 22.7. The molecule has 2 aromatic rings. The Hall–Kier alpha value is -2.47. The Balaban J connectivity index is 1.79. The lowest BCUT2D eigenvalue weighted by Gasteiger charge is -2.30. The van der Waals surface area contributed by atoms with E-state index in [0.29, 0.717) is 18.9 Å². The molecule has 1 N–H and O–H groups in total. The number of para-hydroxylation sites is 2. The van der Waals surface area contributed by atoms with Gasteiger partial charge < -0.3 is 15.0 Å². The number of nitrogens with zero attached hydrogens (tertiary/aromatic N) is 3. The molecule has 2 heterocycles. The predicted molar refractivity (Wildman–Crippen MR) is 84.2 cm³/mol. The van der Waals surface area contributed by atoms with E-state index in [1.54, 1.807) is 6.20 Å². The maximum absolute atomic E-state index is 12.3. The highest BCUT2D eigenvalue weighted by Gasteiger charge is 2.16. The molecule has 1 saturated heterocycles. The second kappa shape index (κ2) is 6.53. The van der Waals surface area contributed by atoms with Crippen LogP contribution in [0.25, 0.3) is 0 Å². The van der Waals surface area contributed by atoms with Gasteiger partial charge in [-0.2, -0.15) is 0 Å². The van der Waals surface area contributed by atoms with E-state index in [1.165, 1.54) is 6.20 Å². The smallest absolute Gasteiger partial charge is 0.275 e. The molecule has 1 fully saturated rings. The van der Waals surface area contributed by atoms with Crippen molar-refractivity contribution in [2.24, 2.45) is 0 Å². The molecule has 1 aliphatic heterocycles. The molecule has 1 amide bonds. The standard InChI is InChI=1S/C16H18N4O2/c1-12-10-18-14(11-17-12)16(21)19-13-4-2-3-5-15(13)20-6-8-22-9-7-20/h2-5,10-11H,6-9H2,1H3,(H,19,21). The summed E-state index contributed by atoms with van der Waals surface area (Å²) in [6.45, 7) is 4.87. The van der Waals surface area contributed by atoms with Crippen molar-refractivity contribution in [2.75, 3.05) is 36.5 Å². The van der Waals surface area contributed by atoms with Crippen molar-refractivity contribution in [2.45, 2.75) is 6.92 Å². The number of amides is 1. The van der Waals surface area contributed by atoms with Crippen LogP contribution in [0.2, 0.25) is 0 Å². The number of aryl methyl sites for hydroxylation is 1. The first-order valence-electron chi connectivity index (χ1n) is 7.26. The Morgan fingerprint density at radius 1 is 1.18 bits per heavy atom. The second-order valence-corrected chi connectivity index (χ2v) is 5.11. The highest BCUT2D eigenvalue weighted by atomic mass is 16.5. The van der Waals surface area contributed by atoms with Gasteiger partial charge in [-0.15, -0.1) is 0 Å². The van der Waals surface area contributed by atoms with Crippen molar-refractivity contribution in [3.8, 4) is 0 Å². The van der Waals surface area contributed by atoms with Crippen LogP contribution in [0.4, 0.5) is 11.4 Å². The quantitative estimate of drug-likeness (QED) is 0.937. The summed E-state index contributed by atoms with van der Waals surface area (Å²) in [7, 11) is 0. The van der Waals surface area contributed by atoms with Gasteiger partial charge in [0.05, 0.1) is 36.5 Å². The van der Waals surface area contributed by atoms with Crippen LogP contribution >= 0.6 is 0 Å². The van der Waals surface area contributed by atoms with Crippen LogP contribution in [0.15, 0.2) is 36.7 Å². The van der Waals surface area contributed by atoms with Crippen LogP contribution < -0.4 is 10.2 Å².